The fourth-order valence-corrected chi connectivity index (χ4v) is 5.37. The van der Waals surface area contributed by atoms with Crippen molar-refractivity contribution in [3.05, 3.63) is 0 Å². The van der Waals surface area contributed by atoms with Gasteiger partial charge in [0.15, 0.2) is 5.60 Å². The minimum atomic E-state index is -4.51. The second kappa shape index (κ2) is 10.3. The van der Waals surface area contributed by atoms with E-state index < -0.39 is 17.4 Å². The van der Waals surface area contributed by atoms with Crippen molar-refractivity contribution in [2.45, 2.75) is 130 Å². The van der Waals surface area contributed by atoms with E-state index in [1.54, 1.807) is 59.3 Å². The molecule has 3 rings (SSSR count). The van der Waals surface area contributed by atoms with E-state index in [4.69, 9.17) is 10.2 Å². The van der Waals surface area contributed by atoms with Gasteiger partial charge in [0, 0.05) is 0 Å². The molecule has 3 aliphatic carbocycles. The number of hydrogen-bond acceptors (Lipinski definition) is 2. The zero-order valence-electron chi connectivity index (χ0n) is 19.5. The molecule has 3 atom stereocenters. The van der Waals surface area contributed by atoms with Crippen molar-refractivity contribution in [1.29, 1.82) is 0 Å². The highest BCUT2D eigenvalue weighted by molar-refractivity contribution is 4.99. The molecule has 0 aliphatic heterocycles. The average Bonchev–Trinajstić information content (AvgIpc) is 2.92. The number of halogens is 3. The zero-order valence-corrected chi connectivity index (χ0v) is 19.5. The molecule has 2 N–H and O–H groups in total. The lowest BCUT2D eigenvalue weighted by atomic mass is 9.61. The third-order valence-corrected chi connectivity index (χ3v) is 7.04. The Morgan fingerprint density at radius 1 is 0.724 bits per heavy atom. The van der Waals surface area contributed by atoms with Gasteiger partial charge in [0.05, 0.1) is 5.60 Å². The van der Waals surface area contributed by atoms with Crippen LogP contribution in [0.5, 0.6) is 0 Å². The molecule has 3 unspecified atom stereocenters. The molecule has 2 nitrogen and oxygen atoms in total. The molecule has 0 radical (unpaired) electrons. The summed E-state index contributed by atoms with van der Waals surface area (Å²) in [5, 5.41) is 16.8. The van der Waals surface area contributed by atoms with Gasteiger partial charge in [-0.25, -0.2) is 0 Å². The number of fused-ring (bicyclic) bond motifs is 1. The Hall–Kier alpha value is -0.290. The van der Waals surface area contributed by atoms with Gasteiger partial charge in [-0.05, 0) is 89.9 Å². The Morgan fingerprint density at radius 3 is 1.59 bits per heavy atom. The summed E-state index contributed by atoms with van der Waals surface area (Å²) in [6.45, 7) is 9.30. The molecule has 174 valence electrons. The second-order valence-corrected chi connectivity index (χ2v) is 11.3. The fourth-order valence-electron chi connectivity index (χ4n) is 5.37. The van der Waals surface area contributed by atoms with Gasteiger partial charge in [0.1, 0.15) is 0 Å². The van der Waals surface area contributed by atoms with E-state index in [0.29, 0.717) is 13.8 Å². The van der Waals surface area contributed by atoms with Crippen LogP contribution in [0.4, 0.5) is 13.2 Å². The van der Waals surface area contributed by atoms with Crippen molar-refractivity contribution >= 4 is 0 Å². The summed E-state index contributed by atoms with van der Waals surface area (Å²) < 4.78 is 33.9. The van der Waals surface area contributed by atoms with Crippen LogP contribution >= 0.6 is 0 Å². The highest BCUT2D eigenvalue weighted by Crippen LogP contribution is 2.59. The fraction of sp³-hybridized carbons (Fsp3) is 1.00. The molecule has 0 aromatic carbocycles. The molecular formula is C24H45F3O2. The number of alkyl halides is 3. The van der Waals surface area contributed by atoms with Gasteiger partial charge in [0.25, 0.3) is 0 Å². The van der Waals surface area contributed by atoms with Crippen LogP contribution in [0, 0.1) is 23.2 Å². The van der Waals surface area contributed by atoms with Gasteiger partial charge in [-0.3, -0.25) is 0 Å². The lowest BCUT2D eigenvalue weighted by Gasteiger charge is -2.44. The molecule has 0 spiro atoms. The maximum Gasteiger partial charge on any atom is 0.416 e. The van der Waals surface area contributed by atoms with Gasteiger partial charge in [0.2, 0.25) is 0 Å². The molecule has 5 heteroatoms. The first-order valence-corrected chi connectivity index (χ1v) is 11.6. The summed E-state index contributed by atoms with van der Waals surface area (Å²) in [6.07, 6.45) is 12.5. The summed E-state index contributed by atoms with van der Waals surface area (Å²) >= 11 is 0. The topological polar surface area (TPSA) is 40.5 Å². The van der Waals surface area contributed by atoms with Crippen molar-refractivity contribution in [1.82, 2.24) is 0 Å². The van der Waals surface area contributed by atoms with Crippen LogP contribution in [-0.2, 0) is 0 Å². The van der Waals surface area contributed by atoms with E-state index in [1.807, 2.05) is 0 Å². The Balaban J connectivity index is 0.000000273. The van der Waals surface area contributed by atoms with Gasteiger partial charge >= 0.3 is 6.18 Å². The molecule has 0 bridgehead atoms. The van der Waals surface area contributed by atoms with E-state index in [-0.39, 0.29) is 0 Å². The first-order valence-electron chi connectivity index (χ1n) is 11.6. The first kappa shape index (κ1) is 26.7. The number of aliphatic hydroxyl groups is 2. The number of rotatable bonds is 1. The van der Waals surface area contributed by atoms with Crippen LogP contribution in [0.15, 0.2) is 0 Å². The number of hydrogen-bond donors (Lipinski definition) is 2. The van der Waals surface area contributed by atoms with Crippen LogP contribution in [0.3, 0.4) is 0 Å². The van der Waals surface area contributed by atoms with E-state index in [1.165, 1.54) is 32.1 Å². The van der Waals surface area contributed by atoms with Gasteiger partial charge in [-0.2, -0.15) is 13.2 Å². The third kappa shape index (κ3) is 8.77. The van der Waals surface area contributed by atoms with Gasteiger partial charge in [-0.1, -0.05) is 45.4 Å². The summed E-state index contributed by atoms with van der Waals surface area (Å²) in [4.78, 5) is 0. The Labute approximate surface area is 176 Å². The maximum absolute atomic E-state index is 11.3. The van der Waals surface area contributed by atoms with Crippen molar-refractivity contribution in [3.63, 3.8) is 0 Å². The summed E-state index contributed by atoms with van der Waals surface area (Å²) in [7, 11) is 0. The molecular weight excluding hydrogens is 377 g/mol. The van der Waals surface area contributed by atoms with Crippen LogP contribution < -0.4 is 0 Å². The average molecular weight is 423 g/mol. The molecule has 0 aromatic heterocycles. The van der Waals surface area contributed by atoms with E-state index in [2.05, 4.69) is 6.92 Å². The van der Waals surface area contributed by atoms with Crippen molar-refractivity contribution in [3.8, 4) is 0 Å². The van der Waals surface area contributed by atoms with Crippen LogP contribution in [0.2, 0.25) is 0 Å². The molecule has 3 fully saturated rings. The second-order valence-electron chi connectivity index (χ2n) is 11.3. The van der Waals surface area contributed by atoms with Crippen molar-refractivity contribution < 1.29 is 23.4 Å². The van der Waals surface area contributed by atoms with Gasteiger partial charge < -0.3 is 10.2 Å². The van der Waals surface area contributed by atoms with Crippen molar-refractivity contribution in [2.75, 3.05) is 0 Å². The van der Waals surface area contributed by atoms with Crippen LogP contribution in [0.1, 0.15) is 112 Å². The third-order valence-electron chi connectivity index (χ3n) is 7.04. The maximum atomic E-state index is 11.3. The predicted molar refractivity (Wildman–Crippen MR) is 114 cm³/mol. The summed E-state index contributed by atoms with van der Waals surface area (Å²) in [6, 6.07) is 0. The highest BCUT2D eigenvalue weighted by atomic mass is 19.4. The van der Waals surface area contributed by atoms with E-state index in [0.717, 1.165) is 23.2 Å². The van der Waals surface area contributed by atoms with Crippen LogP contribution in [0.25, 0.3) is 0 Å². The van der Waals surface area contributed by atoms with Crippen LogP contribution in [-0.4, -0.2) is 27.6 Å². The molecule has 3 aliphatic rings. The molecule has 3 saturated carbocycles. The Morgan fingerprint density at radius 2 is 1.14 bits per heavy atom. The van der Waals surface area contributed by atoms with E-state index in [9.17, 15) is 13.2 Å². The minimum absolute atomic E-state index is 0.500. The minimum Gasteiger partial charge on any atom is -0.391 e. The molecule has 0 amide bonds. The predicted octanol–water partition coefficient (Wildman–Crippen LogP) is 7.27. The quantitative estimate of drug-likeness (QED) is 0.466. The largest absolute Gasteiger partial charge is 0.416 e. The Kier molecular flexibility index (Phi) is 9.54. The van der Waals surface area contributed by atoms with E-state index >= 15 is 0 Å². The lowest BCUT2D eigenvalue weighted by molar-refractivity contribution is -0.245. The standard InChI is InChI=1S/C16H28.C4H7F3O.C4H10O/c1-16(14-8-3-2-4-9-14)12-11-13-7-5-6-10-15(13)16;1-3(2,8)4(5,6)7;1-4(2,3)5/h13-15H,2-12H2,1H3;8H,1-2H3;5H,1-3H3. The molecule has 0 heterocycles. The monoisotopic (exact) mass is 422 g/mol. The zero-order chi connectivity index (χ0) is 22.5. The van der Waals surface area contributed by atoms with Gasteiger partial charge in [-0.15, -0.1) is 0 Å². The molecule has 0 aromatic rings. The smallest absolute Gasteiger partial charge is 0.391 e. The highest BCUT2D eigenvalue weighted by Gasteiger charge is 2.49. The molecule has 29 heavy (non-hydrogen) atoms. The lowest BCUT2D eigenvalue weighted by Crippen LogP contribution is -2.38. The summed E-state index contributed by atoms with van der Waals surface area (Å²) in [5.74, 6) is 3.33. The Bertz CT molecular complexity index is 452. The summed E-state index contributed by atoms with van der Waals surface area (Å²) in [5.41, 5.74) is -2.31. The molecule has 0 saturated heterocycles. The normalized spacial score (nSPS) is 31.1. The first-order chi connectivity index (χ1) is 13.1. The SMILES string of the molecule is CC(C)(C)O.CC(C)(O)C(F)(F)F.CC1(C2CCCCC2)CCC2CCCCC21. The van der Waals surface area contributed by atoms with Crippen molar-refractivity contribution in [2.24, 2.45) is 23.2 Å².